The Bertz CT molecular complexity index is 402. The van der Waals surface area contributed by atoms with Crippen LogP contribution in [0.3, 0.4) is 0 Å². The predicted molar refractivity (Wildman–Crippen MR) is 64.8 cm³/mol. The van der Waals surface area contributed by atoms with Crippen LogP contribution in [0.15, 0.2) is 21.2 Å². The van der Waals surface area contributed by atoms with Crippen LogP contribution in [0.2, 0.25) is 0 Å². The topological polar surface area (TPSA) is 79.5 Å². The van der Waals surface area contributed by atoms with E-state index in [1.807, 2.05) is 0 Å². The fraction of sp³-hybridized carbons (Fsp3) is 0.455. The summed E-state index contributed by atoms with van der Waals surface area (Å²) in [6, 6.07) is 3.21. The normalized spacial score (nSPS) is 12.1. The zero-order chi connectivity index (χ0) is 12.8. The average molecular weight is 304 g/mol. The Kier molecular flexibility index (Phi) is 5.21. The standard InChI is InChI=1S/C11H14BrNO4/c1-7(11(15)16)3-2-6-13-10(14)8-4-5-9(12)17-8/h4-5,7H,2-3,6H2,1H3,(H,13,14)(H,15,16). The highest BCUT2D eigenvalue weighted by Crippen LogP contribution is 2.13. The van der Waals surface area contributed by atoms with Gasteiger partial charge in [-0.2, -0.15) is 0 Å². The zero-order valence-corrected chi connectivity index (χ0v) is 11.0. The van der Waals surface area contributed by atoms with E-state index in [1.54, 1.807) is 19.1 Å². The molecule has 5 nitrogen and oxygen atoms in total. The van der Waals surface area contributed by atoms with Crippen LogP contribution < -0.4 is 5.32 Å². The number of rotatable bonds is 6. The number of amides is 1. The number of carbonyl (C=O) groups is 2. The van der Waals surface area contributed by atoms with Gasteiger partial charge in [-0.1, -0.05) is 6.92 Å². The predicted octanol–water partition coefficient (Wildman–Crippen LogP) is 2.27. The van der Waals surface area contributed by atoms with E-state index in [0.29, 0.717) is 24.1 Å². The summed E-state index contributed by atoms with van der Waals surface area (Å²) in [5, 5.41) is 11.3. The maximum absolute atomic E-state index is 11.5. The fourth-order valence-electron chi connectivity index (χ4n) is 1.26. The Labute approximate surface area is 107 Å². The van der Waals surface area contributed by atoms with Crippen molar-refractivity contribution < 1.29 is 19.1 Å². The van der Waals surface area contributed by atoms with Gasteiger partial charge in [0.15, 0.2) is 10.4 Å². The maximum atomic E-state index is 11.5. The summed E-state index contributed by atoms with van der Waals surface area (Å²) in [6.07, 6.45) is 1.17. The molecule has 1 atom stereocenters. The number of hydrogen-bond acceptors (Lipinski definition) is 3. The summed E-state index contributed by atoms with van der Waals surface area (Å²) < 4.78 is 5.57. The highest BCUT2D eigenvalue weighted by Gasteiger charge is 2.12. The zero-order valence-electron chi connectivity index (χ0n) is 9.40. The lowest BCUT2D eigenvalue weighted by Crippen LogP contribution is -2.24. The SMILES string of the molecule is CC(CCCNC(=O)c1ccc(Br)o1)C(=O)O. The maximum Gasteiger partial charge on any atom is 0.306 e. The third-order valence-corrected chi connectivity index (χ3v) is 2.74. The van der Waals surface area contributed by atoms with Crippen LogP contribution >= 0.6 is 15.9 Å². The van der Waals surface area contributed by atoms with Gasteiger partial charge in [-0.05, 0) is 40.9 Å². The number of halogens is 1. The van der Waals surface area contributed by atoms with Crippen molar-refractivity contribution >= 4 is 27.8 Å². The molecule has 1 rings (SSSR count). The van der Waals surface area contributed by atoms with Gasteiger partial charge in [0.2, 0.25) is 0 Å². The summed E-state index contributed by atoms with van der Waals surface area (Å²) in [4.78, 5) is 22.0. The molecule has 1 aromatic rings. The van der Waals surface area contributed by atoms with Gasteiger partial charge in [0.25, 0.3) is 5.91 Å². The van der Waals surface area contributed by atoms with E-state index >= 15 is 0 Å². The smallest absolute Gasteiger partial charge is 0.306 e. The number of aliphatic carboxylic acids is 1. The molecule has 0 aromatic carbocycles. The highest BCUT2D eigenvalue weighted by molar-refractivity contribution is 9.10. The molecule has 1 unspecified atom stereocenters. The van der Waals surface area contributed by atoms with Gasteiger partial charge in [-0.3, -0.25) is 9.59 Å². The molecule has 1 aromatic heterocycles. The molecule has 6 heteroatoms. The molecule has 94 valence electrons. The lowest BCUT2D eigenvalue weighted by atomic mass is 10.1. The first kappa shape index (κ1) is 13.8. The molecule has 0 aliphatic heterocycles. The van der Waals surface area contributed by atoms with E-state index < -0.39 is 5.97 Å². The molecule has 0 spiro atoms. The quantitative estimate of drug-likeness (QED) is 0.790. The minimum absolute atomic E-state index is 0.239. The van der Waals surface area contributed by atoms with Crippen LogP contribution in [0.25, 0.3) is 0 Å². The fourth-order valence-corrected chi connectivity index (χ4v) is 1.56. The average Bonchev–Trinajstić information content (AvgIpc) is 2.70. The molecule has 0 radical (unpaired) electrons. The first-order chi connectivity index (χ1) is 8.00. The van der Waals surface area contributed by atoms with Crippen LogP contribution in [0.5, 0.6) is 0 Å². The van der Waals surface area contributed by atoms with Crippen molar-refractivity contribution in [2.45, 2.75) is 19.8 Å². The van der Waals surface area contributed by atoms with Crippen molar-refractivity contribution in [2.75, 3.05) is 6.54 Å². The van der Waals surface area contributed by atoms with Gasteiger partial charge in [-0.15, -0.1) is 0 Å². The molecular formula is C11H14BrNO4. The number of hydrogen-bond donors (Lipinski definition) is 2. The van der Waals surface area contributed by atoms with Gasteiger partial charge in [0, 0.05) is 6.54 Å². The first-order valence-corrected chi connectivity index (χ1v) is 6.06. The second kappa shape index (κ2) is 6.44. The van der Waals surface area contributed by atoms with E-state index in [-0.39, 0.29) is 17.6 Å². The minimum Gasteiger partial charge on any atom is -0.481 e. The van der Waals surface area contributed by atoms with Crippen molar-refractivity contribution in [3.63, 3.8) is 0 Å². The van der Waals surface area contributed by atoms with Gasteiger partial charge in [0.05, 0.1) is 5.92 Å². The minimum atomic E-state index is -0.814. The van der Waals surface area contributed by atoms with Gasteiger partial charge in [-0.25, -0.2) is 0 Å². The van der Waals surface area contributed by atoms with Crippen LogP contribution in [0.4, 0.5) is 0 Å². The molecule has 0 aliphatic carbocycles. The Hall–Kier alpha value is -1.30. The summed E-state index contributed by atoms with van der Waals surface area (Å²) in [6.45, 7) is 2.09. The molecule has 1 amide bonds. The van der Waals surface area contributed by atoms with Gasteiger partial charge in [0.1, 0.15) is 0 Å². The second-order valence-electron chi connectivity index (χ2n) is 3.74. The lowest BCUT2D eigenvalue weighted by Gasteiger charge is -2.06. The molecule has 0 bridgehead atoms. The first-order valence-electron chi connectivity index (χ1n) is 5.27. The van der Waals surface area contributed by atoms with Crippen LogP contribution in [-0.2, 0) is 4.79 Å². The molecule has 2 N–H and O–H groups in total. The molecule has 0 saturated heterocycles. The summed E-state index contributed by atoms with van der Waals surface area (Å²) in [5.41, 5.74) is 0. The van der Waals surface area contributed by atoms with E-state index in [1.165, 1.54) is 0 Å². The Morgan fingerprint density at radius 3 is 2.76 bits per heavy atom. The highest BCUT2D eigenvalue weighted by atomic mass is 79.9. The van der Waals surface area contributed by atoms with E-state index in [2.05, 4.69) is 21.2 Å². The number of carboxylic acid groups (broad SMARTS) is 1. The number of carbonyl (C=O) groups excluding carboxylic acids is 1. The van der Waals surface area contributed by atoms with Crippen molar-refractivity contribution in [3.8, 4) is 0 Å². The molecule has 1 heterocycles. The van der Waals surface area contributed by atoms with Gasteiger partial charge >= 0.3 is 5.97 Å². The molecular weight excluding hydrogens is 290 g/mol. The van der Waals surface area contributed by atoms with E-state index in [0.717, 1.165) is 0 Å². The van der Waals surface area contributed by atoms with Crippen LogP contribution in [0.1, 0.15) is 30.3 Å². The molecule has 0 saturated carbocycles. The number of carboxylic acids is 1. The Morgan fingerprint density at radius 2 is 2.24 bits per heavy atom. The number of furan rings is 1. The van der Waals surface area contributed by atoms with Crippen molar-refractivity contribution in [1.29, 1.82) is 0 Å². The van der Waals surface area contributed by atoms with E-state index in [4.69, 9.17) is 9.52 Å². The largest absolute Gasteiger partial charge is 0.481 e. The van der Waals surface area contributed by atoms with Crippen molar-refractivity contribution in [1.82, 2.24) is 5.32 Å². The van der Waals surface area contributed by atoms with Crippen molar-refractivity contribution in [3.05, 3.63) is 22.6 Å². The van der Waals surface area contributed by atoms with Crippen LogP contribution in [0, 0.1) is 5.92 Å². The summed E-state index contributed by atoms with van der Waals surface area (Å²) >= 11 is 3.11. The lowest BCUT2D eigenvalue weighted by molar-refractivity contribution is -0.141. The molecule has 17 heavy (non-hydrogen) atoms. The Morgan fingerprint density at radius 1 is 1.53 bits per heavy atom. The summed E-state index contributed by atoms with van der Waals surface area (Å²) in [5.74, 6) is -1.25. The Balaban J connectivity index is 2.23. The third kappa shape index (κ3) is 4.60. The summed E-state index contributed by atoms with van der Waals surface area (Å²) in [7, 11) is 0. The third-order valence-electron chi connectivity index (χ3n) is 2.32. The molecule has 0 fully saturated rings. The second-order valence-corrected chi connectivity index (χ2v) is 4.52. The van der Waals surface area contributed by atoms with Crippen LogP contribution in [-0.4, -0.2) is 23.5 Å². The monoisotopic (exact) mass is 303 g/mol. The van der Waals surface area contributed by atoms with Gasteiger partial charge < -0.3 is 14.8 Å². The number of nitrogens with one attached hydrogen (secondary N) is 1. The van der Waals surface area contributed by atoms with E-state index in [9.17, 15) is 9.59 Å². The molecule has 0 aliphatic rings. The van der Waals surface area contributed by atoms with Crippen molar-refractivity contribution in [2.24, 2.45) is 5.92 Å².